The van der Waals surface area contributed by atoms with Crippen LogP contribution in [0.2, 0.25) is 0 Å². The summed E-state index contributed by atoms with van der Waals surface area (Å²) in [6, 6.07) is 7.81. The number of fused-ring (bicyclic) bond motifs is 2. The zero-order valence-electron chi connectivity index (χ0n) is 14.9. The first-order valence-corrected chi connectivity index (χ1v) is 9.87. The number of carbonyl (C=O) groups excluding carboxylic acids is 1. The highest BCUT2D eigenvalue weighted by molar-refractivity contribution is 7.16. The highest BCUT2D eigenvalue weighted by atomic mass is 32.1. The molecule has 7 nitrogen and oxygen atoms in total. The minimum atomic E-state index is 0.0793. The Morgan fingerprint density at radius 2 is 2.19 bits per heavy atom. The molecule has 3 aromatic heterocycles. The monoisotopic (exact) mass is 378 g/mol. The number of nitrogens with zero attached hydrogens (tertiary/aromatic N) is 6. The SMILES string of the molecule is Cc1cc(C2CCCN(C(=O)c3ccc4ncsc4c3)C2)n2ncnc2n1. The minimum absolute atomic E-state index is 0.0793. The molecule has 0 bridgehead atoms. The predicted octanol–water partition coefficient (Wildman–Crippen LogP) is 3.06. The highest BCUT2D eigenvalue weighted by Crippen LogP contribution is 2.29. The van der Waals surface area contributed by atoms with Gasteiger partial charge in [-0.3, -0.25) is 4.79 Å². The van der Waals surface area contributed by atoms with E-state index in [9.17, 15) is 4.79 Å². The molecule has 1 unspecified atom stereocenters. The van der Waals surface area contributed by atoms with E-state index in [1.165, 1.54) is 6.33 Å². The Labute approximate surface area is 159 Å². The second kappa shape index (κ2) is 6.38. The van der Waals surface area contributed by atoms with Crippen LogP contribution in [0.3, 0.4) is 0 Å². The molecule has 136 valence electrons. The molecule has 0 saturated carbocycles. The summed E-state index contributed by atoms with van der Waals surface area (Å²) in [4.78, 5) is 28.0. The predicted molar refractivity (Wildman–Crippen MR) is 103 cm³/mol. The van der Waals surface area contributed by atoms with Gasteiger partial charge in [0, 0.05) is 30.3 Å². The largest absolute Gasteiger partial charge is 0.338 e. The molecule has 1 amide bonds. The lowest BCUT2D eigenvalue weighted by atomic mass is 9.93. The summed E-state index contributed by atoms with van der Waals surface area (Å²) in [5.41, 5.74) is 5.47. The van der Waals surface area contributed by atoms with Crippen LogP contribution in [0.4, 0.5) is 0 Å². The number of hydrogen-bond acceptors (Lipinski definition) is 6. The van der Waals surface area contributed by atoms with Crippen LogP contribution in [0.5, 0.6) is 0 Å². The van der Waals surface area contributed by atoms with E-state index >= 15 is 0 Å². The van der Waals surface area contributed by atoms with Gasteiger partial charge in [-0.15, -0.1) is 11.3 Å². The van der Waals surface area contributed by atoms with Gasteiger partial charge in [0.15, 0.2) is 0 Å². The third kappa shape index (κ3) is 2.86. The summed E-state index contributed by atoms with van der Waals surface area (Å²) < 4.78 is 2.85. The second-order valence-electron chi connectivity index (χ2n) is 6.92. The molecule has 1 atom stereocenters. The van der Waals surface area contributed by atoms with Gasteiger partial charge in [0.05, 0.1) is 21.4 Å². The van der Waals surface area contributed by atoms with Crippen LogP contribution in [0.25, 0.3) is 16.0 Å². The Bertz CT molecular complexity index is 1150. The molecule has 1 saturated heterocycles. The molecule has 27 heavy (non-hydrogen) atoms. The summed E-state index contributed by atoms with van der Waals surface area (Å²) in [6.45, 7) is 3.42. The smallest absolute Gasteiger partial charge is 0.253 e. The van der Waals surface area contributed by atoms with Crippen LogP contribution < -0.4 is 0 Å². The van der Waals surface area contributed by atoms with Crippen molar-refractivity contribution in [2.45, 2.75) is 25.7 Å². The topological polar surface area (TPSA) is 76.3 Å². The van der Waals surface area contributed by atoms with Crippen molar-refractivity contribution >= 4 is 33.2 Å². The molecule has 0 aliphatic carbocycles. The molecule has 1 aromatic carbocycles. The fourth-order valence-electron chi connectivity index (χ4n) is 3.82. The van der Waals surface area contributed by atoms with E-state index in [1.54, 1.807) is 15.9 Å². The molecule has 4 heterocycles. The van der Waals surface area contributed by atoms with Crippen LogP contribution in [-0.2, 0) is 0 Å². The fourth-order valence-corrected chi connectivity index (χ4v) is 4.54. The average Bonchev–Trinajstić information content (AvgIpc) is 3.35. The zero-order valence-corrected chi connectivity index (χ0v) is 15.7. The van der Waals surface area contributed by atoms with Gasteiger partial charge in [-0.25, -0.2) is 14.5 Å². The fraction of sp³-hybridized carbons (Fsp3) is 0.316. The van der Waals surface area contributed by atoms with Crippen molar-refractivity contribution in [3.8, 4) is 0 Å². The molecule has 1 fully saturated rings. The lowest BCUT2D eigenvalue weighted by molar-refractivity contribution is 0.0705. The number of hydrogen-bond donors (Lipinski definition) is 0. The van der Waals surface area contributed by atoms with E-state index in [1.807, 2.05) is 35.5 Å². The molecule has 5 rings (SSSR count). The standard InChI is InChI=1S/C19H18N6OS/c1-12-7-16(25-19(23-12)20-10-22-25)14-3-2-6-24(9-14)18(26)13-4-5-15-17(8-13)27-11-21-15/h4-5,7-8,10-11,14H,2-3,6,9H2,1H3. The Hall–Kier alpha value is -2.87. The molecule has 8 heteroatoms. The van der Waals surface area contributed by atoms with Gasteiger partial charge in [0.25, 0.3) is 11.7 Å². The first-order chi connectivity index (χ1) is 13.2. The molecule has 1 aliphatic rings. The maximum atomic E-state index is 13.1. The van der Waals surface area contributed by atoms with E-state index in [0.717, 1.165) is 46.6 Å². The van der Waals surface area contributed by atoms with Crippen molar-refractivity contribution < 1.29 is 4.79 Å². The minimum Gasteiger partial charge on any atom is -0.338 e. The van der Waals surface area contributed by atoms with Crippen molar-refractivity contribution in [3.05, 3.63) is 53.1 Å². The van der Waals surface area contributed by atoms with Crippen molar-refractivity contribution in [1.82, 2.24) is 29.5 Å². The van der Waals surface area contributed by atoms with Gasteiger partial charge in [-0.2, -0.15) is 10.1 Å². The normalized spacial score (nSPS) is 17.7. The maximum absolute atomic E-state index is 13.1. The van der Waals surface area contributed by atoms with Gasteiger partial charge in [0.2, 0.25) is 0 Å². The van der Waals surface area contributed by atoms with Crippen molar-refractivity contribution in [2.24, 2.45) is 0 Å². The molecule has 1 aliphatic heterocycles. The lowest BCUT2D eigenvalue weighted by Crippen LogP contribution is -2.39. The number of likely N-dealkylation sites (tertiary alicyclic amines) is 1. The van der Waals surface area contributed by atoms with E-state index in [-0.39, 0.29) is 11.8 Å². The molecule has 0 radical (unpaired) electrons. The Morgan fingerprint density at radius 1 is 1.26 bits per heavy atom. The van der Waals surface area contributed by atoms with Crippen LogP contribution in [0, 0.1) is 6.92 Å². The van der Waals surface area contributed by atoms with Crippen LogP contribution in [0.15, 0.2) is 36.1 Å². The number of aromatic nitrogens is 5. The number of benzene rings is 1. The van der Waals surface area contributed by atoms with Gasteiger partial charge in [-0.05, 0) is 44.0 Å². The summed E-state index contributed by atoms with van der Waals surface area (Å²) >= 11 is 1.56. The highest BCUT2D eigenvalue weighted by Gasteiger charge is 2.28. The molecular weight excluding hydrogens is 360 g/mol. The summed E-state index contributed by atoms with van der Waals surface area (Å²) in [6.07, 6.45) is 3.52. The van der Waals surface area contributed by atoms with Gasteiger partial charge in [0.1, 0.15) is 6.33 Å². The first-order valence-electron chi connectivity index (χ1n) is 8.99. The average molecular weight is 378 g/mol. The van der Waals surface area contributed by atoms with Gasteiger partial charge >= 0.3 is 0 Å². The Kier molecular flexibility index (Phi) is 3.86. The molecule has 0 spiro atoms. The molecular formula is C19H18N6OS. The number of piperidine rings is 1. The van der Waals surface area contributed by atoms with Crippen LogP contribution >= 0.6 is 11.3 Å². The van der Waals surface area contributed by atoms with E-state index in [4.69, 9.17) is 0 Å². The van der Waals surface area contributed by atoms with Gasteiger partial charge < -0.3 is 4.90 Å². The Morgan fingerprint density at radius 3 is 3.11 bits per heavy atom. The summed E-state index contributed by atoms with van der Waals surface area (Å²) in [7, 11) is 0. The van der Waals surface area contributed by atoms with E-state index in [2.05, 4.69) is 26.1 Å². The summed E-state index contributed by atoms with van der Waals surface area (Å²) in [5, 5.41) is 4.33. The second-order valence-corrected chi connectivity index (χ2v) is 7.81. The number of thiazole rings is 1. The van der Waals surface area contributed by atoms with Crippen molar-refractivity contribution in [3.63, 3.8) is 0 Å². The summed E-state index contributed by atoms with van der Waals surface area (Å²) in [5.74, 6) is 0.917. The number of carbonyl (C=O) groups is 1. The maximum Gasteiger partial charge on any atom is 0.253 e. The number of rotatable bonds is 2. The van der Waals surface area contributed by atoms with Crippen LogP contribution in [-0.4, -0.2) is 48.5 Å². The Balaban J connectivity index is 1.44. The van der Waals surface area contributed by atoms with Gasteiger partial charge in [-0.1, -0.05) is 0 Å². The molecule has 0 N–H and O–H groups in total. The number of aryl methyl sites for hydroxylation is 1. The zero-order chi connectivity index (χ0) is 18.4. The number of amides is 1. The van der Waals surface area contributed by atoms with E-state index < -0.39 is 0 Å². The third-order valence-corrected chi connectivity index (χ3v) is 5.90. The molecule has 4 aromatic rings. The van der Waals surface area contributed by atoms with Crippen LogP contribution in [0.1, 0.15) is 40.5 Å². The third-order valence-electron chi connectivity index (χ3n) is 5.11. The van der Waals surface area contributed by atoms with Crippen molar-refractivity contribution in [2.75, 3.05) is 13.1 Å². The van der Waals surface area contributed by atoms with Crippen molar-refractivity contribution in [1.29, 1.82) is 0 Å². The van der Waals surface area contributed by atoms with E-state index in [0.29, 0.717) is 12.3 Å². The lowest BCUT2D eigenvalue weighted by Gasteiger charge is -2.33. The quantitative estimate of drug-likeness (QED) is 0.536. The first kappa shape index (κ1) is 16.3.